The largest absolute Gasteiger partial charge is 0.444 e. The lowest BCUT2D eigenvalue weighted by atomic mass is 10.1. The van der Waals surface area contributed by atoms with E-state index >= 15 is 0 Å². The van der Waals surface area contributed by atoms with Crippen LogP contribution in [-0.2, 0) is 11.8 Å². The normalized spacial score (nSPS) is 18.5. The van der Waals surface area contributed by atoms with Crippen LogP contribution in [0, 0.1) is 6.92 Å². The highest BCUT2D eigenvalue weighted by atomic mass is 79.9. The fourth-order valence-corrected chi connectivity index (χ4v) is 5.16. The van der Waals surface area contributed by atoms with Gasteiger partial charge in [0.25, 0.3) is 11.8 Å². The molecule has 0 bridgehead atoms. The summed E-state index contributed by atoms with van der Waals surface area (Å²) < 4.78 is 36.9. The molecule has 0 aromatic carbocycles. The van der Waals surface area contributed by atoms with Crippen molar-refractivity contribution in [1.29, 1.82) is 0 Å². The number of anilines is 2. The van der Waals surface area contributed by atoms with Crippen molar-refractivity contribution in [1.82, 2.24) is 20.1 Å². The van der Waals surface area contributed by atoms with Crippen LogP contribution in [0.4, 0.5) is 25.1 Å². The quantitative estimate of drug-likeness (QED) is 0.589. The smallest absolute Gasteiger partial charge is 0.407 e. The number of alkyl carbamates (subject to hydrolysis) is 1. The van der Waals surface area contributed by atoms with E-state index in [1.54, 1.807) is 34.7 Å². The van der Waals surface area contributed by atoms with Gasteiger partial charge in [0, 0.05) is 30.9 Å². The zero-order valence-corrected chi connectivity index (χ0v) is 21.4. The number of carbonyl (C=O) groups is 2. The van der Waals surface area contributed by atoms with Crippen molar-refractivity contribution < 1.29 is 23.1 Å². The minimum Gasteiger partial charge on any atom is -0.444 e. The topological polar surface area (TPSA) is 101 Å². The number of alkyl halides is 2. The average molecular weight is 549 g/mol. The summed E-state index contributed by atoms with van der Waals surface area (Å²) in [6.07, 6.45) is 0.443. The van der Waals surface area contributed by atoms with E-state index in [1.165, 1.54) is 27.1 Å². The van der Waals surface area contributed by atoms with Crippen LogP contribution < -0.4 is 15.5 Å². The van der Waals surface area contributed by atoms with E-state index in [9.17, 15) is 18.4 Å². The Labute approximate surface area is 203 Å². The molecule has 0 aliphatic carbocycles. The van der Waals surface area contributed by atoms with Crippen LogP contribution in [0.3, 0.4) is 0 Å². The summed E-state index contributed by atoms with van der Waals surface area (Å²) in [4.78, 5) is 31.2. The highest BCUT2D eigenvalue weighted by Gasteiger charge is 2.40. The van der Waals surface area contributed by atoms with Crippen LogP contribution in [0.25, 0.3) is 0 Å². The van der Waals surface area contributed by atoms with E-state index in [-0.39, 0.29) is 18.7 Å². The van der Waals surface area contributed by atoms with Gasteiger partial charge >= 0.3 is 6.09 Å². The lowest BCUT2D eigenvalue weighted by molar-refractivity contribution is -0.00543. The van der Waals surface area contributed by atoms with Crippen molar-refractivity contribution in [3.05, 3.63) is 20.7 Å². The summed E-state index contributed by atoms with van der Waals surface area (Å²) >= 11 is 4.58. The number of nitrogens with zero attached hydrogens (tertiary/aromatic N) is 4. The maximum absolute atomic E-state index is 14.8. The third-order valence-corrected chi connectivity index (χ3v) is 6.30. The number of hydrogen-bond donors (Lipinski definition) is 2. The van der Waals surface area contributed by atoms with Crippen LogP contribution in [-0.4, -0.2) is 57.4 Å². The van der Waals surface area contributed by atoms with Gasteiger partial charge in [0.1, 0.15) is 17.0 Å². The van der Waals surface area contributed by atoms with Gasteiger partial charge < -0.3 is 20.3 Å². The van der Waals surface area contributed by atoms with E-state index in [0.29, 0.717) is 15.4 Å². The summed E-state index contributed by atoms with van der Waals surface area (Å²) in [6, 6.07) is -0.763. The van der Waals surface area contributed by atoms with E-state index in [4.69, 9.17) is 4.74 Å². The van der Waals surface area contributed by atoms with Gasteiger partial charge in [-0.25, -0.2) is 18.6 Å². The number of hydrogen-bond acceptors (Lipinski definition) is 7. The highest BCUT2D eigenvalue weighted by molar-refractivity contribution is 9.11. The number of thiazole rings is 1. The first-order valence-corrected chi connectivity index (χ1v) is 11.9. The first kappa shape index (κ1) is 25.3. The molecule has 13 heteroatoms. The molecule has 2 aromatic rings. The van der Waals surface area contributed by atoms with Crippen molar-refractivity contribution in [2.45, 2.75) is 58.1 Å². The van der Waals surface area contributed by atoms with Crippen molar-refractivity contribution in [3.63, 3.8) is 0 Å². The summed E-state index contributed by atoms with van der Waals surface area (Å²) in [5, 5.41) is 9.45. The van der Waals surface area contributed by atoms with Gasteiger partial charge in [-0.15, -0.1) is 11.3 Å². The highest BCUT2D eigenvalue weighted by Crippen LogP contribution is 2.34. The minimum atomic E-state index is -3.09. The van der Waals surface area contributed by atoms with Gasteiger partial charge in [-0.05, 0) is 50.0 Å². The number of rotatable bonds is 4. The van der Waals surface area contributed by atoms with Crippen LogP contribution in [0.1, 0.15) is 49.0 Å². The Bertz CT molecular complexity index is 1040. The number of halogens is 3. The number of ether oxygens (including phenoxy) is 1. The molecular weight excluding hydrogens is 522 g/mol. The van der Waals surface area contributed by atoms with Crippen molar-refractivity contribution in [2.75, 3.05) is 23.3 Å². The molecule has 3 heterocycles. The average Bonchev–Trinajstić information content (AvgIpc) is 3.12. The fraction of sp³-hybridized carbons (Fsp3) is 0.600. The van der Waals surface area contributed by atoms with Crippen LogP contribution in [0.2, 0.25) is 0 Å². The van der Waals surface area contributed by atoms with Crippen LogP contribution in [0.15, 0.2) is 10.1 Å². The first-order valence-electron chi connectivity index (χ1n) is 10.3. The molecule has 1 unspecified atom stereocenters. The number of aromatic nitrogens is 3. The molecule has 33 heavy (non-hydrogen) atoms. The van der Waals surface area contributed by atoms with Gasteiger partial charge in [0.2, 0.25) is 0 Å². The predicted molar refractivity (Wildman–Crippen MR) is 125 cm³/mol. The van der Waals surface area contributed by atoms with Crippen molar-refractivity contribution >= 4 is 50.8 Å². The molecule has 182 valence electrons. The third kappa shape index (κ3) is 6.62. The standard InChI is InChI=1S/C20H27BrF2N6O3S/c1-11-14(27-17(21)33-11)15(30)26-13-9-24-28(5)16(13)29-7-6-12(8-20(22,23)10-29)25-18(31)32-19(2,3)4/h9,12H,6-8,10H2,1-5H3,(H,25,31)(H,26,30). The Balaban J connectivity index is 1.77. The van der Waals surface area contributed by atoms with Gasteiger partial charge in [-0.1, -0.05) is 0 Å². The molecule has 1 aliphatic rings. The maximum Gasteiger partial charge on any atom is 0.407 e. The second kappa shape index (κ2) is 9.53. The molecule has 0 spiro atoms. The summed E-state index contributed by atoms with van der Waals surface area (Å²) in [6.45, 7) is 6.54. The zero-order chi connectivity index (χ0) is 24.6. The van der Waals surface area contributed by atoms with Gasteiger partial charge in [0.15, 0.2) is 9.73 Å². The summed E-state index contributed by atoms with van der Waals surface area (Å²) in [5.74, 6) is -3.18. The van der Waals surface area contributed by atoms with Gasteiger partial charge in [0.05, 0.1) is 12.7 Å². The first-order chi connectivity index (χ1) is 15.2. The van der Waals surface area contributed by atoms with Crippen LogP contribution in [0.5, 0.6) is 0 Å². The number of carbonyl (C=O) groups excluding carboxylic acids is 2. The van der Waals surface area contributed by atoms with E-state index < -0.39 is 42.5 Å². The van der Waals surface area contributed by atoms with Crippen molar-refractivity contribution in [2.24, 2.45) is 7.05 Å². The van der Waals surface area contributed by atoms with Crippen molar-refractivity contribution in [3.8, 4) is 0 Å². The Hall–Kier alpha value is -2.28. The SMILES string of the molecule is Cc1sc(Br)nc1C(=O)Nc1cnn(C)c1N1CCC(NC(=O)OC(C)(C)C)CC(F)(F)C1. The lowest BCUT2D eigenvalue weighted by Gasteiger charge is -2.26. The molecule has 3 rings (SSSR count). The molecule has 2 amide bonds. The Morgan fingerprint density at radius 1 is 1.36 bits per heavy atom. The number of amides is 2. The van der Waals surface area contributed by atoms with E-state index in [2.05, 4.69) is 36.6 Å². The second-order valence-corrected chi connectivity index (χ2v) is 11.4. The molecule has 2 N–H and O–H groups in total. The molecule has 2 aromatic heterocycles. The summed E-state index contributed by atoms with van der Waals surface area (Å²) in [5.41, 5.74) is -0.166. The Kier molecular flexibility index (Phi) is 7.32. The summed E-state index contributed by atoms with van der Waals surface area (Å²) in [7, 11) is 1.62. The maximum atomic E-state index is 14.8. The van der Waals surface area contributed by atoms with Gasteiger partial charge in [-0.3, -0.25) is 9.48 Å². The molecule has 9 nitrogen and oxygen atoms in total. The fourth-order valence-electron chi connectivity index (χ4n) is 3.63. The number of aryl methyl sites for hydroxylation is 2. The second-order valence-electron chi connectivity index (χ2n) is 8.94. The molecule has 1 aliphatic heterocycles. The molecule has 1 saturated heterocycles. The Morgan fingerprint density at radius 3 is 2.67 bits per heavy atom. The predicted octanol–water partition coefficient (Wildman–Crippen LogP) is 4.33. The van der Waals surface area contributed by atoms with Crippen LogP contribution >= 0.6 is 27.3 Å². The lowest BCUT2D eigenvalue weighted by Crippen LogP contribution is -2.42. The molecule has 0 radical (unpaired) electrons. The minimum absolute atomic E-state index is 0.222. The van der Waals surface area contributed by atoms with E-state index in [1.807, 2.05) is 0 Å². The molecule has 1 atom stereocenters. The van der Waals surface area contributed by atoms with E-state index in [0.717, 1.165) is 4.88 Å². The van der Waals surface area contributed by atoms with Gasteiger partial charge in [-0.2, -0.15) is 5.10 Å². The number of nitrogens with one attached hydrogen (secondary N) is 2. The zero-order valence-electron chi connectivity index (χ0n) is 19.0. The molecule has 1 fully saturated rings. The monoisotopic (exact) mass is 548 g/mol. The Morgan fingerprint density at radius 2 is 2.06 bits per heavy atom. The third-order valence-electron chi connectivity index (χ3n) is 4.88. The molecule has 0 saturated carbocycles. The molecular formula is C20H27BrF2N6O3S.